The molecule has 0 aliphatic carbocycles. The van der Waals surface area contributed by atoms with Crippen LogP contribution in [0.4, 0.5) is 4.79 Å². The Hall–Kier alpha value is -0.850. The minimum absolute atomic E-state index is 0.270. The number of hydrogen-bond donors (Lipinski definition) is 1. The summed E-state index contributed by atoms with van der Waals surface area (Å²) >= 11 is 0. The van der Waals surface area contributed by atoms with Crippen LogP contribution in [0.25, 0.3) is 0 Å². The maximum Gasteiger partial charge on any atom is 0.410 e. The van der Waals surface area contributed by atoms with Crippen LogP contribution in [0.3, 0.4) is 0 Å². The molecule has 24 heavy (non-hydrogen) atoms. The lowest BCUT2D eigenvalue weighted by molar-refractivity contribution is -0.0374. The highest BCUT2D eigenvalue weighted by Crippen LogP contribution is 2.26. The monoisotopic (exact) mass is 342 g/mol. The summed E-state index contributed by atoms with van der Waals surface area (Å²) in [6, 6.07) is 0. The van der Waals surface area contributed by atoms with Crippen molar-refractivity contribution in [3.05, 3.63) is 0 Å². The van der Waals surface area contributed by atoms with Crippen molar-refractivity contribution in [3.8, 4) is 0 Å². The van der Waals surface area contributed by atoms with Gasteiger partial charge in [0.05, 0.1) is 11.7 Å². The molecule has 0 aromatic carbocycles. The van der Waals surface area contributed by atoms with E-state index in [1.807, 2.05) is 20.8 Å². The van der Waals surface area contributed by atoms with Gasteiger partial charge in [0.25, 0.3) is 0 Å². The predicted molar refractivity (Wildman–Crippen MR) is 93.1 cm³/mol. The predicted octanol–water partition coefficient (Wildman–Crippen LogP) is 2.25. The maximum atomic E-state index is 12.2. The van der Waals surface area contributed by atoms with Crippen LogP contribution >= 0.6 is 0 Å². The lowest BCUT2D eigenvalue weighted by atomic mass is 9.93. The molecule has 0 spiro atoms. The Balaban J connectivity index is 1.88. The summed E-state index contributed by atoms with van der Waals surface area (Å²) in [7, 11) is 1.76. The van der Waals surface area contributed by atoms with Gasteiger partial charge in [-0.15, -0.1) is 0 Å². The summed E-state index contributed by atoms with van der Waals surface area (Å²) in [5.41, 5.74) is -1.21. The standard InChI is InChI=1S/C18H34N2O4/c1-17(2,3)24-16(21)20-11-6-8-18(22,9-12-20)14-19-10-5-7-15(13-19)23-4/h15,22H,5-14H2,1-4H3/t15-,18+/m1/s1. The molecule has 0 unspecified atom stereocenters. The molecule has 0 bridgehead atoms. The minimum Gasteiger partial charge on any atom is -0.444 e. The smallest absolute Gasteiger partial charge is 0.410 e. The first-order chi connectivity index (χ1) is 11.2. The van der Waals surface area contributed by atoms with Gasteiger partial charge in [-0.25, -0.2) is 4.79 Å². The summed E-state index contributed by atoms with van der Waals surface area (Å²) in [5.74, 6) is 0. The molecule has 2 fully saturated rings. The number of methoxy groups -OCH3 is 1. The second-order valence-electron chi connectivity index (χ2n) is 8.28. The molecule has 2 aliphatic heterocycles. The molecular weight excluding hydrogens is 308 g/mol. The van der Waals surface area contributed by atoms with Crippen molar-refractivity contribution in [2.24, 2.45) is 0 Å². The van der Waals surface area contributed by atoms with Crippen molar-refractivity contribution in [1.29, 1.82) is 0 Å². The Kier molecular flexibility index (Phi) is 6.51. The molecule has 6 heteroatoms. The van der Waals surface area contributed by atoms with Gasteiger partial charge in [-0.1, -0.05) is 0 Å². The van der Waals surface area contributed by atoms with Gasteiger partial charge in [0.15, 0.2) is 0 Å². The van der Waals surface area contributed by atoms with Crippen molar-refractivity contribution < 1.29 is 19.4 Å². The van der Waals surface area contributed by atoms with Crippen LogP contribution in [0.5, 0.6) is 0 Å². The molecule has 2 rings (SSSR count). The lowest BCUT2D eigenvalue weighted by Gasteiger charge is -2.38. The number of likely N-dealkylation sites (tertiary alicyclic amines) is 2. The van der Waals surface area contributed by atoms with Crippen LogP contribution < -0.4 is 0 Å². The number of nitrogens with zero attached hydrogens (tertiary/aromatic N) is 2. The average molecular weight is 342 g/mol. The minimum atomic E-state index is -0.730. The van der Waals surface area contributed by atoms with Crippen molar-refractivity contribution >= 4 is 6.09 Å². The fourth-order valence-corrected chi connectivity index (χ4v) is 3.61. The first-order valence-electron chi connectivity index (χ1n) is 9.16. The molecule has 0 radical (unpaired) electrons. The van der Waals surface area contributed by atoms with Crippen LogP contribution in [-0.2, 0) is 9.47 Å². The highest BCUT2D eigenvalue weighted by Gasteiger charge is 2.35. The van der Waals surface area contributed by atoms with E-state index < -0.39 is 11.2 Å². The molecule has 0 aromatic heterocycles. The second-order valence-corrected chi connectivity index (χ2v) is 8.28. The zero-order valence-electron chi connectivity index (χ0n) is 15.7. The molecule has 1 N–H and O–H groups in total. The van der Waals surface area contributed by atoms with Gasteiger partial charge in [0.1, 0.15) is 5.60 Å². The Morgan fingerprint density at radius 2 is 1.96 bits per heavy atom. The second kappa shape index (κ2) is 8.02. The number of amides is 1. The number of aliphatic hydroxyl groups is 1. The zero-order valence-corrected chi connectivity index (χ0v) is 15.7. The summed E-state index contributed by atoms with van der Waals surface area (Å²) in [6.45, 7) is 9.39. The van der Waals surface area contributed by atoms with Crippen LogP contribution in [0, 0.1) is 0 Å². The van der Waals surface area contributed by atoms with Crippen molar-refractivity contribution in [2.75, 3.05) is 39.8 Å². The fourth-order valence-electron chi connectivity index (χ4n) is 3.61. The number of rotatable bonds is 3. The van der Waals surface area contributed by atoms with E-state index in [2.05, 4.69) is 4.90 Å². The topological polar surface area (TPSA) is 62.2 Å². The van der Waals surface area contributed by atoms with Crippen molar-refractivity contribution in [3.63, 3.8) is 0 Å². The fraction of sp³-hybridized carbons (Fsp3) is 0.944. The molecular formula is C18H34N2O4. The molecule has 140 valence electrons. The third kappa shape index (κ3) is 5.90. The lowest BCUT2D eigenvalue weighted by Crippen LogP contribution is -2.49. The SMILES string of the molecule is CO[C@@H]1CCCN(C[C@]2(O)CCCN(C(=O)OC(C)(C)C)CC2)C1. The quantitative estimate of drug-likeness (QED) is 0.852. The van der Waals surface area contributed by atoms with E-state index >= 15 is 0 Å². The average Bonchev–Trinajstić information content (AvgIpc) is 2.67. The third-order valence-corrected chi connectivity index (χ3v) is 4.88. The maximum absolute atomic E-state index is 12.2. The van der Waals surface area contributed by atoms with Gasteiger partial charge in [0, 0.05) is 33.3 Å². The summed E-state index contributed by atoms with van der Waals surface area (Å²) in [5, 5.41) is 11.0. The van der Waals surface area contributed by atoms with Gasteiger partial charge >= 0.3 is 6.09 Å². The molecule has 2 saturated heterocycles. The zero-order chi connectivity index (χ0) is 17.8. The number of ether oxygens (including phenoxy) is 2. The summed E-state index contributed by atoms with van der Waals surface area (Å²) in [4.78, 5) is 16.3. The Morgan fingerprint density at radius 3 is 2.62 bits per heavy atom. The van der Waals surface area contributed by atoms with Crippen LogP contribution in [0.15, 0.2) is 0 Å². The van der Waals surface area contributed by atoms with E-state index in [4.69, 9.17) is 9.47 Å². The molecule has 1 amide bonds. The number of piperidine rings is 1. The van der Waals surface area contributed by atoms with Gasteiger partial charge in [0.2, 0.25) is 0 Å². The Bertz CT molecular complexity index is 424. The van der Waals surface area contributed by atoms with Crippen molar-refractivity contribution in [2.45, 2.75) is 70.2 Å². The highest BCUT2D eigenvalue weighted by molar-refractivity contribution is 5.68. The van der Waals surface area contributed by atoms with E-state index in [1.165, 1.54) is 0 Å². The number of β-amino-alcohol motifs (C(OH)–C–C–N with tert-alkyl or cyclic N) is 1. The first kappa shape index (κ1) is 19.5. The Labute approximate surface area is 146 Å². The molecule has 6 nitrogen and oxygen atoms in total. The van der Waals surface area contributed by atoms with E-state index in [0.717, 1.165) is 38.8 Å². The van der Waals surface area contributed by atoms with Crippen LogP contribution in [0.2, 0.25) is 0 Å². The van der Waals surface area contributed by atoms with Crippen LogP contribution in [-0.4, -0.2) is 78.1 Å². The summed E-state index contributed by atoms with van der Waals surface area (Å²) < 4.78 is 10.9. The van der Waals surface area contributed by atoms with Gasteiger partial charge in [-0.3, -0.25) is 4.90 Å². The number of hydrogen-bond acceptors (Lipinski definition) is 5. The number of carbonyl (C=O) groups excluding carboxylic acids is 1. The molecule has 0 aromatic rings. The van der Waals surface area contributed by atoms with E-state index in [1.54, 1.807) is 12.0 Å². The number of carbonyl (C=O) groups is 1. The molecule has 2 atom stereocenters. The third-order valence-electron chi connectivity index (χ3n) is 4.88. The van der Waals surface area contributed by atoms with Gasteiger partial charge in [-0.2, -0.15) is 0 Å². The van der Waals surface area contributed by atoms with E-state index in [-0.39, 0.29) is 12.2 Å². The van der Waals surface area contributed by atoms with Gasteiger partial charge in [-0.05, 0) is 59.4 Å². The molecule has 2 heterocycles. The van der Waals surface area contributed by atoms with Crippen LogP contribution in [0.1, 0.15) is 52.9 Å². The Morgan fingerprint density at radius 1 is 1.21 bits per heavy atom. The van der Waals surface area contributed by atoms with E-state index in [9.17, 15) is 9.90 Å². The molecule has 0 saturated carbocycles. The molecule has 2 aliphatic rings. The highest BCUT2D eigenvalue weighted by atomic mass is 16.6. The first-order valence-corrected chi connectivity index (χ1v) is 9.16. The van der Waals surface area contributed by atoms with E-state index in [0.29, 0.717) is 26.1 Å². The van der Waals surface area contributed by atoms with Crippen molar-refractivity contribution in [1.82, 2.24) is 9.80 Å². The normalized spacial score (nSPS) is 30.0. The largest absolute Gasteiger partial charge is 0.444 e. The van der Waals surface area contributed by atoms with Gasteiger partial charge < -0.3 is 19.5 Å². The summed E-state index contributed by atoms with van der Waals surface area (Å²) in [6.07, 6.45) is 4.32.